The van der Waals surface area contributed by atoms with Crippen molar-refractivity contribution in [1.29, 1.82) is 0 Å². The molecule has 3 aromatic carbocycles. The number of amides is 5. The topological polar surface area (TPSA) is 120 Å². The number of likely N-dealkylation sites (N-methyl/N-ethyl adjacent to an activating group) is 1. The summed E-state index contributed by atoms with van der Waals surface area (Å²) in [5.74, 6) is -0.0494. The number of benzene rings is 3. The van der Waals surface area contributed by atoms with Crippen molar-refractivity contribution in [3.05, 3.63) is 100 Å². The first-order chi connectivity index (χ1) is 20.0. The Labute approximate surface area is 246 Å². The standard InChI is InChI=1S/C20H19N3O4.C12H18N2O/c1-12-3-6-14(7-4-12)20(18(25)21-19(26)22-20)11-23-10-13-5-8-15(27-2)9-16(13)17(23)24;1-10-5-4-6-11(9-10)12(15)13-7-8-14(2)3/h3-9H,10-11H2,1-2H3,(H2,21,22,25,26);4-6,9H,7-8H2,1-3H3,(H,13,15)/t20-;/m0./s1. The fourth-order valence-electron chi connectivity index (χ4n) is 4.90. The molecule has 3 N–H and O–H groups in total. The highest BCUT2D eigenvalue weighted by Gasteiger charge is 2.50. The van der Waals surface area contributed by atoms with E-state index in [2.05, 4.69) is 16.0 Å². The first kappa shape index (κ1) is 30.3. The number of fused-ring (bicyclic) bond motifs is 1. The van der Waals surface area contributed by atoms with Gasteiger partial charge in [-0.3, -0.25) is 19.7 Å². The minimum atomic E-state index is -1.31. The Morgan fingerprint density at radius 1 is 1.00 bits per heavy atom. The third-order valence-electron chi connectivity index (χ3n) is 7.23. The van der Waals surface area contributed by atoms with Crippen molar-refractivity contribution in [1.82, 2.24) is 25.8 Å². The average molecular weight is 572 g/mol. The normalized spacial score (nSPS) is 17.3. The molecule has 1 fully saturated rings. The van der Waals surface area contributed by atoms with Crippen LogP contribution in [0.5, 0.6) is 5.75 Å². The summed E-state index contributed by atoms with van der Waals surface area (Å²) in [6.45, 7) is 5.88. The molecule has 0 aromatic heterocycles. The lowest BCUT2D eigenvalue weighted by molar-refractivity contribution is -0.124. The van der Waals surface area contributed by atoms with Gasteiger partial charge in [0.05, 0.1) is 13.7 Å². The van der Waals surface area contributed by atoms with Crippen molar-refractivity contribution in [2.24, 2.45) is 0 Å². The quantitative estimate of drug-likeness (QED) is 0.358. The van der Waals surface area contributed by atoms with E-state index in [9.17, 15) is 19.2 Å². The van der Waals surface area contributed by atoms with Crippen LogP contribution in [-0.4, -0.2) is 74.4 Å². The summed E-state index contributed by atoms with van der Waals surface area (Å²) < 4.78 is 5.20. The van der Waals surface area contributed by atoms with Crippen LogP contribution in [0.3, 0.4) is 0 Å². The van der Waals surface area contributed by atoms with Crippen molar-refractivity contribution in [3.8, 4) is 5.75 Å². The van der Waals surface area contributed by atoms with E-state index in [1.807, 2.05) is 75.3 Å². The number of carbonyl (C=O) groups excluding carboxylic acids is 4. The van der Waals surface area contributed by atoms with Gasteiger partial charge in [0.2, 0.25) is 0 Å². The van der Waals surface area contributed by atoms with Crippen molar-refractivity contribution in [2.45, 2.75) is 25.9 Å². The number of urea groups is 1. The minimum absolute atomic E-state index is 0.000509. The number of ether oxygens (including phenoxy) is 1. The molecule has 42 heavy (non-hydrogen) atoms. The number of hydrogen-bond donors (Lipinski definition) is 3. The summed E-state index contributed by atoms with van der Waals surface area (Å²) in [6.07, 6.45) is 0. The monoisotopic (exact) mass is 571 g/mol. The van der Waals surface area contributed by atoms with E-state index in [0.717, 1.165) is 28.8 Å². The van der Waals surface area contributed by atoms with E-state index >= 15 is 0 Å². The molecule has 10 nitrogen and oxygen atoms in total. The van der Waals surface area contributed by atoms with Crippen LogP contribution in [0.25, 0.3) is 0 Å². The minimum Gasteiger partial charge on any atom is -0.497 e. The van der Waals surface area contributed by atoms with E-state index in [-0.39, 0.29) is 18.4 Å². The Kier molecular flexibility index (Phi) is 9.27. The lowest BCUT2D eigenvalue weighted by atomic mass is 9.88. The zero-order valence-corrected chi connectivity index (χ0v) is 24.6. The molecule has 2 heterocycles. The van der Waals surface area contributed by atoms with Gasteiger partial charge in [-0.2, -0.15) is 0 Å². The molecule has 0 unspecified atom stereocenters. The molecule has 5 amide bonds. The molecule has 0 aliphatic carbocycles. The van der Waals surface area contributed by atoms with Gasteiger partial charge in [0, 0.05) is 30.8 Å². The van der Waals surface area contributed by atoms with Crippen LogP contribution >= 0.6 is 0 Å². The molecule has 3 aromatic rings. The molecule has 0 radical (unpaired) electrons. The van der Waals surface area contributed by atoms with Crippen LogP contribution in [-0.2, 0) is 16.9 Å². The van der Waals surface area contributed by atoms with Gasteiger partial charge < -0.3 is 25.2 Å². The van der Waals surface area contributed by atoms with Crippen LogP contribution in [0.1, 0.15) is 43.0 Å². The van der Waals surface area contributed by atoms with Crippen LogP contribution in [0, 0.1) is 13.8 Å². The van der Waals surface area contributed by atoms with Crippen LogP contribution in [0.15, 0.2) is 66.7 Å². The largest absolute Gasteiger partial charge is 0.497 e. The Hall–Kier alpha value is -4.70. The van der Waals surface area contributed by atoms with Gasteiger partial charge in [0.1, 0.15) is 5.75 Å². The highest BCUT2D eigenvalue weighted by molar-refractivity contribution is 6.08. The van der Waals surface area contributed by atoms with Crippen molar-refractivity contribution in [3.63, 3.8) is 0 Å². The predicted molar refractivity (Wildman–Crippen MR) is 159 cm³/mol. The summed E-state index contributed by atoms with van der Waals surface area (Å²) in [6, 6.07) is 19.7. The number of aryl methyl sites for hydroxylation is 2. The molecule has 1 atom stereocenters. The van der Waals surface area contributed by atoms with Gasteiger partial charge in [-0.1, -0.05) is 53.6 Å². The van der Waals surface area contributed by atoms with E-state index in [4.69, 9.17) is 4.74 Å². The SMILES string of the molecule is COc1ccc2c(c1)C(=O)N(C[C@@]1(c3ccc(C)cc3)NC(=O)NC1=O)C2.Cc1cccc(C(=O)NCCN(C)C)c1. The Morgan fingerprint density at radius 3 is 2.36 bits per heavy atom. The zero-order chi connectivity index (χ0) is 30.4. The number of nitrogens with zero attached hydrogens (tertiary/aromatic N) is 2. The number of carbonyl (C=O) groups is 4. The molecule has 0 saturated carbocycles. The van der Waals surface area contributed by atoms with Crippen molar-refractivity contribution >= 4 is 23.8 Å². The number of imide groups is 1. The third kappa shape index (κ3) is 6.77. The molecule has 0 bridgehead atoms. The van der Waals surface area contributed by atoms with Crippen LogP contribution in [0.2, 0.25) is 0 Å². The number of methoxy groups -OCH3 is 1. The fraction of sp³-hybridized carbons (Fsp3) is 0.312. The third-order valence-corrected chi connectivity index (χ3v) is 7.23. The van der Waals surface area contributed by atoms with Crippen molar-refractivity contribution in [2.75, 3.05) is 40.8 Å². The van der Waals surface area contributed by atoms with E-state index < -0.39 is 17.5 Å². The Balaban J connectivity index is 0.000000230. The highest BCUT2D eigenvalue weighted by atomic mass is 16.5. The van der Waals surface area contributed by atoms with Gasteiger partial charge in [-0.25, -0.2) is 4.79 Å². The van der Waals surface area contributed by atoms with Gasteiger partial charge in [0.25, 0.3) is 17.7 Å². The summed E-state index contributed by atoms with van der Waals surface area (Å²) in [5, 5.41) is 7.91. The maximum atomic E-state index is 12.9. The second kappa shape index (κ2) is 12.9. The number of rotatable bonds is 8. The second-order valence-electron chi connectivity index (χ2n) is 10.8. The maximum absolute atomic E-state index is 12.9. The lowest BCUT2D eigenvalue weighted by Crippen LogP contribution is -2.52. The lowest BCUT2D eigenvalue weighted by Gasteiger charge is -2.31. The molecule has 2 aliphatic rings. The Morgan fingerprint density at radius 2 is 1.74 bits per heavy atom. The molecular formula is C32H37N5O5. The maximum Gasteiger partial charge on any atom is 0.322 e. The highest BCUT2D eigenvalue weighted by Crippen LogP contribution is 2.32. The van der Waals surface area contributed by atoms with Gasteiger partial charge in [-0.15, -0.1) is 0 Å². The number of nitrogens with one attached hydrogen (secondary N) is 3. The smallest absolute Gasteiger partial charge is 0.322 e. The molecule has 10 heteroatoms. The number of hydrogen-bond acceptors (Lipinski definition) is 6. The van der Waals surface area contributed by atoms with Crippen LogP contribution in [0.4, 0.5) is 4.79 Å². The predicted octanol–water partition coefficient (Wildman–Crippen LogP) is 2.98. The summed E-state index contributed by atoms with van der Waals surface area (Å²) in [5.41, 5.74) is 3.62. The first-order valence-corrected chi connectivity index (χ1v) is 13.7. The zero-order valence-electron chi connectivity index (χ0n) is 24.6. The second-order valence-corrected chi connectivity index (χ2v) is 10.8. The van der Waals surface area contributed by atoms with E-state index in [1.165, 1.54) is 0 Å². The summed E-state index contributed by atoms with van der Waals surface area (Å²) in [4.78, 5) is 52.8. The van der Waals surface area contributed by atoms with Crippen LogP contribution < -0.4 is 20.7 Å². The molecule has 220 valence electrons. The van der Waals surface area contributed by atoms with Gasteiger partial charge in [-0.05, 0) is 63.3 Å². The molecule has 2 aliphatic heterocycles. The molecule has 1 saturated heterocycles. The summed E-state index contributed by atoms with van der Waals surface area (Å²) >= 11 is 0. The average Bonchev–Trinajstić information content (AvgIpc) is 3.42. The first-order valence-electron chi connectivity index (χ1n) is 13.7. The van der Waals surface area contributed by atoms with E-state index in [0.29, 0.717) is 30.0 Å². The molecule has 0 spiro atoms. The summed E-state index contributed by atoms with van der Waals surface area (Å²) in [7, 11) is 5.52. The van der Waals surface area contributed by atoms with Gasteiger partial charge >= 0.3 is 6.03 Å². The Bertz CT molecular complexity index is 1490. The fourth-order valence-corrected chi connectivity index (χ4v) is 4.90. The van der Waals surface area contributed by atoms with Crippen molar-refractivity contribution < 1.29 is 23.9 Å². The van der Waals surface area contributed by atoms with E-state index in [1.54, 1.807) is 36.3 Å². The van der Waals surface area contributed by atoms with Gasteiger partial charge in [0.15, 0.2) is 5.54 Å². The molecular weight excluding hydrogens is 534 g/mol. The molecule has 5 rings (SSSR count).